The van der Waals surface area contributed by atoms with Crippen molar-refractivity contribution in [2.45, 2.75) is 26.3 Å². The number of aryl methyl sites for hydroxylation is 1. The quantitative estimate of drug-likeness (QED) is 0.895. The van der Waals surface area contributed by atoms with E-state index in [4.69, 9.17) is 11.6 Å². The molecule has 1 atom stereocenters. The van der Waals surface area contributed by atoms with Crippen molar-refractivity contribution < 1.29 is 0 Å². The minimum Gasteiger partial charge on any atom is -0.309 e. The van der Waals surface area contributed by atoms with E-state index in [9.17, 15) is 0 Å². The van der Waals surface area contributed by atoms with Crippen molar-refractivity contribution in [1.29, 1.82) is 0 Å². The Morgan fingerprint density at radius 1 is 1.39 bits per heavy atom. The number of benzene rings is 1. The van der Waals surface area contributed by atoms with E-state index in [-0.39, 0.29) is 6.04 Å². The minimum absolute atomic E-state index is 0.236. The highest BCUT2D eigenvalue weighted by molar-refractivity contribution is 7.09. The molecule has 18 heavy (non-hydrogen) atoms. The van der Waals surface area contributed by atoms with Gasteiger partial charge in [0, 0.05) is 10.4 Å². The first-order chi connectivity index (χ1) is 8.70. The molecule has 0 spiro atoms. The summed E-state index contributed by atoms with van der Waals surface area (Å²) in [5.74, 6) is 0. The maximum Gasteiger partial charge on any atom is 0.0898 e. The standard InChI is InChI=1S/C14H17ClN2S/c1-3-16-13(14-9-18-10(2)17-14)8-11-6-4-5-7-12(11)15/h4-7,9,13,16H,3,8H2,1-2H3. The molecule has 96 valence electrons. The molecule has 2 rings (SSSR count). The van der Waals surface area contributed by atoms with Crippen LogP contribution in [-0.2, 0) is 6.42 Å². The van der Waals surface area contributed by atoms with Gasteiger partial charge in [0.1, 0.15) is 0 Å². The van der Waals surface area contributed by atoms with Crippen LogP contribution in [-0.4, -0.2) is 11.5 Å². The zero-order valence-corrected chi connectivity index (χ0v) is 12.2. The second kappa shape index (κ2) is 6.32. The Morgan fingerprint density at radius 2 is 2.17 bits per heavy atom. The highest BCUT2D eigenvalue weighted by Crippen LogP contribution is 2.24. The number of rotatable bonds is 5. The van der Waals surface area contributed by atoms with Crippen molar-refractivity contribution in [3.8, 4) is 0 Å². The number of halogens is 1. The molecule has 1 aromatic heterocycles. The molecule has 4 heteroatoms. The Labute approximate surface area is 117 Å². The fraction of sp³-hybridized carbons (Fsp3) is 0.357. The summed E-state index contributed by atoms with van der Waals surface area (Å²) in [5.41, 5.74) is 2.27. The van der Waals surface area contributed by atoms with Crippen LogP contribution < -0.4 is 5.32 Å². The Kier molecular flexibility index (Phi) is 4.75. The number of likely N-dealkylation sites (N-methyl/N-ethyl adjacent to an activating group) is 1. The van der Waals surface area contributed by atoms with E-state index >= 15 is 0 Å². The van der Waals surface area contributed by atoms with Crippen LogP contribution in [0.4, 0.5) is 0 Å². The fourth-order valence-corrected chi connectivity index (χ4v) is 2.83. The first-order valence-electron chi connectivity index (χ1n) is 6.09. The second-order valence-corrected chi connectivity index (χ2v) is 5.67. The van der Waals surface area contributed by atoms with Crippen LogP contribution in [0.5, 0.6) is 0 Å². The molecule has 2 nitrogen and oxygen atoms in total. The first kappa shape index (κ1) is 13.5. The van der Waals surface area contributed by atoms with Crippen molar-refractivity contribution in [3.63, 3.8) is 0 Å². The third-order valence-corrected chi connectivity index (χ3v) is 3.99. The number of aromatic nitrogens is 1. The van der Waals surface area contributed by atoms with Gasteiger partial charge in [-0.05, 0) is 31.5 Å². The Bertz CT molecular complexity index is 510. The van der Waals surface area contributed by atoms with Crippen molar-refractivity contribution >= 4 is 22.9 Å². The molecular weight excluding hydrogens is 264 g/mol. The van der Waals surface area contributed by atoms with E-state index in [0.717, 1.165) is 34.3 Å². The van der Waals surface area contributed by atoms with Crippen molar-refractivity contribution in [3.05, 3.63) is 50.9 Å². The molecule has 1 aromatic carbocycles. The van der Waals surface area contributed by atoms with Gasteiger partial charge in [-0.15, -0.1) is 11.3 Å². The van der Waals surface area contributed by atoms with Crippen LogP contribution in [0.1, 0.15) is 29.2 Å². The van der Waals surface area contributed by atoms with Gasteiger partial charge < -0.3 is 5.32 Å². The van der Waals surface area contributed by atoms with E-state index in [1.807, 2.05) is 25.1 Å². The maximum absolute atomic E-state index is 6.22. The average molecular weight is 281 g/mol. The van der Waals surface area contributed by atoms with E-state index in [1.165, 1.54) is 0 Å². The van der Waals surface area contributed by atoms with Gasteiger partial charge in [0.05, 0.1) is 16.7 Å². The zero-order chi connectivity index (χ0) is 13.0. The summed E-state index contributed by atoms with van der Waals surface area (Å²) in [5, 5.41) is 7.53. The topological polar surface area (TPSA) is 24.9 Å². The SMILES string of the molecule is CCNC(Cc1ccccc1Cl)c1csc(C)n1. The lowest BCUT2D eigenvalue weighted by Gasteiger charge is -2.16. The summed E-state index contributed by atoms with van der Waals surface area (Å²) < 4.78 is 0. The molecule has 2 aromatic rings. The molecule has 0 bridgehead atoms. The molecule has 1 unspecified atom stereocenters. The molecule has 0 saturated heterocycles. The number of thiazole rings is 1. The fourth-order valence-electron chi connectivity index (χ4n) is 1.95. The van der Waals surface area contributed by atoms with Crippen LogP contribution in [0.3, 0.4) is 0 Å². The predicted molar refractivity (Wildman–Crippen MR) is 78.4 cm³/mol. The Hall–Kier alpha value is -0.900. The van der Waals surface area contributed by atoms with Gasteiger partial charge in [-0.3, -0.25) is 0 Å². The number of nitrogens with one attached hydrogen (secondary N) is 1. The second-order valence-electron chi connectivity index (χ2n) is 4.20. The number of nitrogens with zero attached hydrogens (tertiary/aromatic N) is 1. The molecule has 0 aliphatic heterocycles. The van der Waals surface area contributed by atoms with Gasteiger partial charge in [0.2, 0.25) is 0 Å². The highest BCUT2D eigenvalue weighted by atomic mass is 35.5. The summed E-state index contributed by atoms with van der Waals surface area (Å²) >= 11 is 7.90. The van der Waals surface area contributed by atoms with Gasteiger partial charge in [0.15, 0.2) is 0 Å². The molecule has 0 aliphatic rings. The van der Waals surface area contributed by atoms with Gasteiger partial charge in [0.25, 0.3) is 0 Å². The van der Waals surface area contributed by atoms with Gasteiger partial charge >= 0.3 is 0 Å². The summed E-state index contributed by atoms with van der Waals surface area (Å²) in [6, 6.07) is 8.23. The largest absolute Gasteiger partial charge is 0.309 e. The molecule has 0 fully saturated rings. The molecule has 0 amide bonds. The third-order valence-electron chi connectivity index (χ3n) is 2.83. The van der Waals surface area contributed by atoms with Crippen LogP contribution >= 0.6 is 22.9 Å². The normalized spacial score (nSPS) is 12.6. The molecule has 1 N–H and O–H groups in total. The Morgan fingerprint density at radius 3 is 2.78 bits per heavy atom. The van der Waals surface area contributed by atoms with Crippen LogP contribution in [0.25, 0.3) is 0 Å². The highest BCUT2D eigenvalue weighted by Gasteiger charge is 2.15. The molecule has 0 aliphatic carbocycles. The van der Waals surface area contributed by atoms with Crippen LogP contribution in [0.15, 0.2) is 29.6 Å². The summed E-state index contributed by atoms with van der Waals surface area (Å²) in [4.78, 5) is 4.57. The van der Waals surface area contributed by atoms with E-state index in [2.05, 4.69) is 28.7 Å². The van der Waals surface area contributed by atoms with Crippen LogP contribution in [0.2, 0.25) is 5.02 Å². The van der Waals surface area contributed by atoms with Gasteiger partial charge in [-0.25, -0.2) is 4.98 Å². The predicted octanol–water partition coefficient (Wildman–Crippen LogP) is 4.00. The summed E-state index contributed by atoms with van der Waals surface area (Å²) in [7, 11) is 0. The van der Waals surface area contributed by atoms with Gasteiger partial charge in [-0.2, -0.15) is 0 Å². The molecule has 1 heterocycles. The lowest BCUT2D eigenvalue weighted by Crippen LogP contribution is -2.23. The van der Waals surface area contributed by atoms with Crippen molar-refractivity contribution in [2.75, 3.05) is 6.54 Å². The maximum atomic E-state index is 6.22. The monoisotopic (exact) mass is 280 g/mol. The molecule has 0 saturated carbocycles. The molecule has 0 radical (unpaired) electrons. The summed E-state index contributed by atoms with van der Waals surface area (Å²) in [6.07, 6.45) is 0.872. The number of hydrogen-bond acceptors (Lipinski definition) is 3. The smallest absolute Gasteiger partial charge is 0.0898 e. The van der Waals surface area contributed by atoms with Crippen LogP contribution in [0, 0.1) is 6.92 Å². The first-order valence-corrected chi connectivity index (χ1v) is 7.35. The number of hydrogen-bond donors (Lipinski definition) is 1. The Balaban J connectivity index is 2.19. The lowest BCUT2D eigenvalue weighted by molar-refractivity contribution is 0.538. The van der Waals surface area contributed by atoms with Crippen molar-refractivity contribution in [2.24, 2.45) is 0 Å². The van der Waals surface area contributed by atoms with E-state index < -0.39 is 0 Å². The lowest BCUT2D eigenvalue weighted by atomic mass is 10.0. The van der Waals surface area contributed by atoms with Gasteiger partial charge in [-0.1, -0.05) is 36.7 Å². The van der Waals surface area contributed by atoms with E-state index in [1.54, 1.807) is 11.3 Å². The third kappa shape index (κ3) is 3.31. The summed E-state index contributed by atoms with van der Waals surface area (Å²) in [6.45, 7) is 5.07. The van der Waals surface area contributed by atoms with Crippen molar-refractivity contribution in [1.82, 2.24) is 10.3 Å². The average Bonchev–Trinajstić information content (AvgIpc) is 2.78. The zero-order valence-electron chi connectivity index (χ0n) is 10.6. The van der Waals surface area contributed by atoms with E-state index in [0.29, 0.717) is 0 Å². The molecular formula is C14H17ClN2S. The minimum atomic E-state index is 0.236.